The van der Waals surface area contributed by atoms with Crippen molar-refractivity contribution in [2.24, 2.45) is 11.3 Å². The number of carboxylic acid groups (broad SMARTS) is 1. The third-order valence-corrected chi connectivity index (χ3v) is 4.58. The number of carbonyl (C=O) groups is 1. The minimum atomic E-state index is -0.720. The van der Waals surface area contributed by atoms with Gasteiger partial charge in [0.15, 0.2) is 0 Å². The van der Waals surface area contributed by atoms with Crippen LogP contribution >= 0.6 is 0 Å². The summed E-state index contributed by atoms with van der Waals surface area (Å²) in [6.07, 6.45) is 7.09. The predicted octanol–water partition coefficient (Wildman–Crippen LogP) is 4.64. The van der Waals surface area contributed by atoms with Gasteiger partial charge in [-0.3, -0.25) is 4.79 Å². The van der Waals surface area contributed by atoms with Crippen LogP contribution in [0, 0.1) is 11.3 Å². The summed E-state index contributed by atoms with van der Waals surface area (Å²) < 4.78 is 6.26. The topological polar surface area (TPSA) is 46.5 Å². The zero-order valence-corrected chi connectivity index (χ0v) is 13.9. The van der Waals surface area contributed by atoms with Gasteiger partial charge in [0.2, 0.25) is 0 Å². The fraction of sp³-hybridized carbons (Fsp3) is 0.941. The predicted molar refractivity (Wildman–Crippen MR) is 81.9 cm³/mol. The monoisotopic (exact) mass is 284 g/mol. The van der Waals surface area contributed by atoms with E-state index in [1.165, 1.54) is 25.7 Å². The second-order valence-electron chi connectivity index (χ2n) is 7.85. The molecule has 1 N–H and O–H groups in total. The third kappa shape index (κ3) is 6.25. The van der Waals surface area contributed by atoms with Crippen molar-refractivity contribution in [3.8, 4) is 0 Å². The Kier molecular flexibility index (Phi) is 6.06. The van der Waals surface area contributed by atoms with Gasteiger partial charge in [0.1, 0.15) is 0 Å². The Balaban J connectivity index is 2.43. The van der Waals surface area contributed by atoms with Crippen LogP contribution in [-0.4, -0.2) is 22.8 Å². The minimum Gasteiger partial charge on any atom is -0.481 e. The molecule has 0 spiro atoms. The van der Waals surface area contributed by atoms with Crippen molar-refractivity contribution < 1.29 is 14.6 Å². The molecule has 1 aliphatic carbocycles. The highest BCUT2D eigenvalue weighted by Crippen LogP contribution is 2.41. The van der Waals surface area contributed by atoms with Gasteiger partial charge in [0.05, 0.1) is 11.7 Å². The number of ether oxygens (including phenoxy) is 1. The molecule has 0 heterocycles. The maximum atomic E-state index is 10.6. The molecule has 0 saturated heterocycles. The van der Waals surface area contributed by atoms with Crippen LogP contribution in [0.15, 0.2) is 0 Å². The Morgan fingerprint density at radius 2 is 2.10 bits per heavy atom. The molecule has 2 unspecified atom stereocenters. The first-order chi connectivity index (χ1) is 9.11. The Hall–Kier alpha value is -0.570. The van der Waals surface area contributed by atoms with E-state index in [0.717, 1.165) is 6.42 Å². The van der Waals surface area contributed by atoms with Gasteiger partial charge >= 0.3 is 5.97 Å². The molecule has 0 radical (unpaired) electrons. The van der Waals surface area contributed by atoms with Gasteiger partial charge in [0.25, 0.3) is 0 Å². The largest absolute Gasteiger partial charge is 0.481 e. The van der Waals surface area contributed by atoms with Crippen LogP contribution in [0.1, 0.15) is 79.6 Å². The SMILES string of the molecule is CC(OC(C)(C)CCCC(=O)O)C1CCCC(C)(C)C1. The Morgan fingerprint density at radius 1 is 1.45 bits per heavy atom. The molecular formula is C17H32O3. The molecule has 0 aromatic heterocycles. The minimum absolute atomic E-state index is 0.226. The molecule has 1 saturated carbocycles. The lowest BCUT2D eigenvalue weighted by Crippen LogP contribution is -2.37. The molecule has 2 atom stereocenters. The smallest absolute Gasteiger partial charge is 0.303 e. The normalized spacial score (nSPS) is 24.4. The van der Waals surface area contributed by atoms with Gasteiger partial charge in [-0.25, -0.2) is 0 Å². The van der Waals surface area contributed by atoms with E-state index in [1.807, 2.05) is 0 Å². The number of hydrogen-bond acceptors (Lipinski definition) is 2. The maximum absolute atomic E-state index is 10.6. The highest BCUT2D eigenvalue weighted by atomic mass is 16.5. The molecule has 1 rings (SSSR count). The summed E-state index contributed by atoms with van der Waals surface area (Å²) in [6.45, 7) is 11.1. The second-order valence-corrected chi connectivity index (χ2v) is 7.85. The van der Waals surface area contributed by atoms with Crippen LogP contribution in [0.4, 0.5) is 0 Å². The number of rotatable bonds is 7. The van der Waals surface area contributed by atoms with E-state index in [1.54, 1.807) is 0 Å². The van der Waals surface area contributed by atoms with Gasteiger partial charge in [-0.15, -0.1) is 0 Å². The van der Waals surface area contributed by atoms with Gasteiger partial charge in [-0.1, -0.05) is 20.3 Å². The van der Waals surface area contributed by atoms with Crippen molar-refractivity contribution in [1.29, 1.82) is 0 Å². The van der Waals surface area contributed by atoms with Crippen LogP contribution in [-0.2, 0) is 9.53 Å². The molecular weight excluding hydrogens is 252 g/mol. The molecule has 1 fully saturated rings. The first-order valence-electron chi connectivity index (χ1n) is 8.01. The number of hydrogen-bond donors (Lipinski definition) is 1. The quantitative estimate of drug-likeness (QED) is 0.740. The zero-order chi connectivity index (χ0) is 15.4. The zero-order valence-electron chi connectivity index (χ0n) is 13.9. The molecule has 0 aliphatic heterocycles. The van der Waals surface area contributed by atoms with E-state index in [2.05, 4.69) is 34.6 Å². The first kappa shape index (κ1) is 17.5. The fourth-order valence-electron chi connectivity index (χ4n) is 3.48. The molecule has 0 amide bonds. The van der Waals surface area contributed by atoms with Crippen molar-refractivity contribution in [1.82, 2.24) is 0 Å². The maximum Gasteiger partial charge on any atom is 0.303 e. The summed E-state index contributed by atoms with van der Waals surface area (Å²) >= 11 is 0. The highest BCUT2D eigenvalue weighted by molar-refractivity contribution is 5.66. The summed E-state index contributed by atoms with van der Waals surface area (Å²) in [5, 5.41) is 8.71. The fourth-order valence-corrected chi connectivity index (χ4v) is 3.48. The van der Waals surface area contributed by atoms with Gasteiger partial charge in [0, 0.05) is 6.42 Å². The summed E-state index contributed by atoms with van der Waals surface area (Å²) in [5.74, 6) is -0.0830. The molecule has 1 aliphatic rings. The van der Waals surface area contributed by atoms with Crippen LogP contribution in [0.25, 0.3) is 0 Å². The van der Waals surface area contributed by atoms with Crippen molar-refractivity contribution in [3.05, 3.63) is 0 Å². The molecule has 3 nitrogen and oxygen atoms in total. The Morgan fingerprint density at radius 3 is 2.65 bits per heavy atom. The first-order valence-corrected chi connectivity index (χ1v) is 8.01. The van der Waals surface area contributed by atoms with Crippen molar-refractivity contribution in [2.75, 3.05) is 0 Å². The van der Waals surface area contributed by atoms with Crippen LogP contribution in [0.3, 0.4) is 0 Å². The van der Waals surface area contributed by atoms with E-state index < -0.39 is 5.97 Å². The third-order valence-electron chi connectivity index (χ3n) is 4.58. The molecule has 3 heteroatoms. The lowest BCUT2D eigenvalue weighted by atomic mass is 9.70. The van der Waals surface area contributed by atoms with Crippen molar-refractivity contribution >= 4 is 5.97 Å². The lowest BCUT2D eigenvalue weighted by molar-refractivity contribution is -0.137. The average molecular weight is 284 g/mol. The molecule has 118 valence electrons. The van der Waals surface area contributed by atoms with E-state index in [0.29, 0.717) is 17.8 Å². The summed E-state index contributed by atoms with van der Waals surface area (Å²) in [6, 6.07) is 0. The van der Waals surface area contributed by atoms with Crippen LogP contribution < -0.4 is 0 Å². The number of aliphatic carboxylic acids is 1. The summed E-state index contributed by atoms with van der Waals surface area (Å²) in [5.41, 5.74) is 0.213. The summed E-state index contributed by atoms with van der Waals surface area (Å²) in [4.78, 5) is 10.6. The van der Waals surface area contributed by atoms with Crippen molar-refractivity contribution in [2.45, 2.75) is 91.3 Å². The molecule has 20 heavy (non-hydrogen) atoms. The van der Waals surface area contributed by atoms with E-state index in [4.69, 9.17) is 9.84 Å². The standard InChI is InChI=1S/C17H32O3/c1-13(14-8-6-10-16(2,3)12-14)20-17(4,5)11-7-9-15(18)19/h13-14H,6-12H2,1-5H3,(H,18,19). The van der Waals surface area contributed by atoms with Gasteiger partial charge in [-0.2, -0.15) is 0 Å². The van der Waals surface area contributed by atoms with E-state index >= 15 is 0 Å². The van der Waals surface area contributed by atoms with Gasteiger partial charge in [-0.05, 0) is 64.2 Å². The van der Waals surface area contributed by atoms with E-state index in [9.17, 15) is 4.79 Å². The van der Waals surface area contributed by atoms with Gasteiger partial charge < -0.3 is 9.84 Å². The average Bonchev–Trinajstić information content (AvgIpc) is 2.25. The number of carboxylic acids is 1. The molecule has 0 bridgehead atoms. The Labute approximate surface area is 124 Å². The van der Waals surface area contributed by atoms with E-state index in [-0.39, 0.29) is 18.1 Å². The summed E-state index contributed by atoms with van der Waals surface area (Å²) in [7, 11) is 0. The van der Waals surface area contributed by atoms with Crippen LogP contribution in [0.2, 0.25) is 0 Å². The molecule has 0 aromatic rings. The van der Waals surface area contributed by atoms with Crippen LogP contribution in [0.5, 0.6) is 0 Å². The lowest BCUT2D eigenvalue weighted by Gasteiger charge is -2.40. The molecule has 0 aromatic carbocycles. The van der Waals surface area contributed by atoms with Crippen molar-refractivity contribution in [3.63, 3.8) is 0 Å². The Bertz CT molecular complexity index is 320. The second kappa shape index (κ2) is 6.93. The highest BCUT2D eigenvalue weighted by Gasteiger charge is 2.33.